The van der Waals surface area contributed by atoms with Crippen molar-refractivity contribution < 1.29 is 19.1 Å². The molecule has 32 heavy (non-hydrogen) atoms. The molecule has 0 saturated heterocycles. The van der Waals surface area contributed by atoms with Crippen LogP contribution in [0.25, 0.3) is 0 Å². The fraction of sp³-hybridized carbons (Fsp3) is 0.478. The lowest BCUT2D eigenvalue weighted by Gasteiger charge is -2.28. The molecule has 2 aliphatic rings. The maximum atomic E-state index is 13.2. The average molecular weight is 457 g/mol. The lowest BCUT2D eigenvalue weighted by Crippen LogP contribution is -2.32. The molecule has 2 aromatic rings. The number of thioether (sulfide) groups is 1. The Morgan fingerprint density at radius 1 is 1.22 bits per heavy atom. The van der Waals surface area contributed by atoms with E-state index >= 15 is 0 Å². The molecule has 0 radical (unpaired) electrons. The number of nitrogen functional groups attached to an aromatic ring is 1. The molecule has 2 heterocycles. The van der Waals surface area contributed by atoms with Crippen molar-refractivity contribution in [3.8, 4) is 5.88 Å². The van der Waals surface area contributed by atoms with Gasteiger partial charge in [0.05, 0.1) is 13.7 Å². The molecule has 1 aromatic heterocycles. The van der Waals surface area contributed by atoms with Gasteiger partial charge in [-0.25, -0.2) is 4.98 Å². The Morgan fingerprint density at radius 2 is 1.94 bits per heavy atom. The van der Waals surface area contributed by atoms with Crippen molar-refractivity contribution in [2.75, 3.05) is 37.2 Å². The molecule has 9 heteroatoms. The number of fused-ring (bicyclic) bond motifs is 1. The van der Waals surface area contributed by atoms with Crippen LogP contribution in [0.4, 0.5) is 11.5 Å². The van der Waals surface area contributed by atoms with Gasteiger partial charge in [-0.15, -0.1) is 0 Å². The number of anilines is 2. The molecule has 1 aromatic carbocycles. The molecule has 1 aliphatic heterocycles. The van der Waals surface area contributed by atoms with E-state index in [-0.39, 0.29) is 29.1 Å². The van der Waals surface area contributed by atoms with Crippen molar-refractivity contribution >= 4 is 35.1 Å². The topological polar surface area (TPSA) is 108 Å². The lowest BCUT2D eigenvalue weighted by atomic mass is 9.77. The highest BCUT2D eigenvalue weighted by atomic mass is 32.2. The van der Waals surface area contributed by atoms with Gasteiger partial charge >= 0.3 is 5.97 Å². The summed E-state index contributed by atoms with van der Waals surface area (Å²) >= 11 is 1.35. The summed E-state index contributed by atoms with van der Waals surface area (Å²) in [4.78, 5) is 34.9. The minimum Gasteiger partial charge on any atom is -0.475 e. The summed E-state index contributed by atoms with van der Waals surface area (Å²) in [5, 5.41) is 0.480. The molecule has 1 fully saturated rings. The zero-order chi connectivity index (χ0) is 22.7. The third-order valence-electron chi connectivity index (χ3n) is 6.28. The summed E-state index contributed by atoms with van der Waals surface area (Å²) in [6.07, 6.45) is 6.51. The first-order valence-corrected chi connectivity index (χ1v) is 12.1. The fourth-order valence-electron chi connectivity index (χ4n) is 4.49. The summed E-state index contributed by atoms with van der Waals surface area (Å²) in [5.74, 6) is 0.883. The normalized spacial score (nSPS) is 20.8. The maximum Gasteiger partial charge on any atom is 0.305 e. The number of carbonyl (C=O) groups excluding carboxylic acids is 2. The number of benzene rings is 1. The van der Waals surface area contributed by atoms with E-state index in [1.54, 1.807) is 4.90 Å². The van der Waals surface area contributed by atoms with Gasteiger partial charge < -0.3 is 20.1 Å². The van der Waals surface area contributed by atoms with Crippen LogP contribution in [0.15, 0.2) is 29.4 Å². The van der Waals surface area contributed by atoms with Crippen LogP contribution in [0, 0.1) is 5.92 Å². The second-order valence-corrected chi connectivity index (χ2v) is 8.94. The zero-order valence-electron chi connectivity index (χ0n) is 18.4. The first kappa shape index (κ1) is 22.4. The van der Waals surface area contributed by atoms with Crippen molar-refractivity contribution in [1.29, 1.82) is 0 Å². The van der Waals surface area contributed by atoms with Crippen LogP contribution in [0.2, 0.25) is 0 Å². The van der Waals surface area contributed by atoms with Crippen molar-refractivity contribution in [3.05, 3.63) is 35.4 Å². The summed E-state index contributed by atoms with van der Waals surface area (Å²) in [6.45, 7) is 0.732. The molecular weight excluding hydrogens is 428 g/mol. The number of aromatic nitrogens is 2. The van der Waals surface area contributed by atoms with E-state index in [0.29, 0.717) is 36.6 Å². The highest BCUT2D eigenvalue weighted by Crippen LogP contribution is 2.38. The lowest BCUT2D eigenvalue weighted by molar-refractivity contribution is -0.142. The monoisotopic (exact) mass is 456 g/mol. The maximum absolute atomic E-state index is 13.2. The molecule has 2 N–H and O–H groups in total. The molecule has 1 aliphatic carbocycles. The summed E-state index contributed by atoms with van der Waals surface area (Å²) in [5.41, 5.74) is 8.34. The molecule has 4 rings (SSSR count). The number of amides is 1. The van der Waals surface area contributed by atoms with Gasteiger partial charge in [-0.05, 0) is 61.5 Å². The van der Waals surface area contributed by atoms with Gasteiger partial charge in [-0.1, -0.05) is 23.9 Å². The van der Waals surface area contributed by atoms with E-state index in [2.05, 4.69) is 22.1 Å². The van der Waals surface area contributed by atoms with Crippen molar-refractivity contribution in [1.82, 2.24) is 9.97 Å². The Kier molecular flexibility index (Phi) is 6.83. The van der Waals surface area contributed by atoms with E-state index in [9.17, 15) is 9.59 Å². The predicted octanol–water partition coefficient (Wildman–Crippen LogP) is 3.66. The summed E-state index contributed by atoms with van der Waals surface area (Å²) < 4.78 is 10.5. The SMILES string of the molecule is COC(=O)CC1CCC(c2ccc(N3CCOc4nc(SC)nc(N)c4C3=O)cc2)CC1. The van der Waals surface area contributed by atoms with Crippen LogP contribution in [0.5, 0.6) is 5.88 Å². The van der Waals surface area contributed by atoms with E-state index in [1.165, 1.54) is 24.4 Å². The highest BCUT2D eigenvalue weighted by Gasteiger charge is 2.30. The van der Waals surface area contributed by atoms with E-state index in [0.717, 1.165) is 31.4 Å². The van der Waals surface area contributed by atoms with Crippen molar-refractivity contribution in [2.45, 2.75) is 43.2 Å². The standard InChI is InChI=1S/C23H28N4O4S/c1-30-18(28)13-14-3-5-15(6-4-14)16-7-9-17(10-8-16)27-11-12-31-21-19(22(27)29)20(24)25-23(26-21)32-2/h7-10,14-15H,3-6,11-13H2,1-2H3,(H2,24,25,26). The number of rotatable bonds is 5. The molecule has 0 bridgehead atoms. The number of hydrogen-bond acceptors (Lipinski definition) is 8. The molecule has 0 unspecified atom stereocenters. The Labute approximate surface area is 191 Å². The second-order valence-electron chi connectivity index (χ2n) is 8.17. The van der Waals surface area contributed by atoms with E-state index in [4.69, 9.17) is 15.2 Å². The third-order valence-corrected chi connectivity index (χ3v) is 6.83. The second kappa shape index (κ2) is 9.77. The van der Waals surface area contributed by atoms with Gasteiger partial charge in [-0.2, -0.15) is 4.98 Å². The Bertz CT molecular complexity index is 990. The van der Waals surface area contributed by atoms with Gasteiger partial charge in [0.15, 0.2) is 5.16 Å². The molecule has 170 valence electrons. The molecule has 1 amide bonds. The zero-order valence-corrected chi connectivity index (χ0v) is 19.2. The van der Waals surface area contributed by atoms with Gasteiger partial charge in [-0.3, -0.25) is 9.59 Å². The number of nitrogens with zero attached hydrogens (tertiary/aromatic N) is 3. The first-order valence-electron chi connectivity index (χ1n) is 10.8. The number of esters is 1. The van der Waals surface area contributed by atoms with Gasteiger partial charge in [0.1, 0.15) is 18.0 Å². The number of carbonyl (C=O) groups is 2. The smallest absolute Gasteiger partial charge is 0.305 e. The van der Waals surface area contributed by atoms with Crippen molar-refractivity contribution in [2.24, 2.45) is 5.92 Å². The summed E-state index contributed by atoms with van der Waals surface area (Å²) in [7, 11) is 1.44. The Hall–Kier alpha value is -2.81. The number of ether oxygens (including phenoxy) is 2. The van der Waals surface area contributed by atoms with Crippen LogP contribution in [-0.2, 0) is 9.53 Å². The van der Waals surface area contributed by atoms with Crippen LogP contribution < -0.4 is 15.4 Å². The largest absolute Gasteiger partial charge is 0.475 e. The molecule has 1 saturated carbocycles. The van der Waals surface area contributed by atoms with Crippen LogP contribution in [0.3, 0.4) is 0 Å². The minimum atomic E-state index is -0.251. The fourth-order valence-corrected chi connectivity index (χ4v) is 4.86. The first-order chi connectivity index (χ1) is 15.5. The molecule has 0 atom stereocenters. The Morgan fingerprint density at radius 3 is 2.59 bits per heavy atom. The molecular formula is C23H28N4O4S. The Balaban J connectivity index is 1.46. The van der Waals surface area contributed by atoms with Gasteiger partial charge in [0.25, 0.3) is 5.91 Å². The number of nitrogens with two attached hydrogens (primary N) is 1. The molecule has 8 nitrogen and oxygen atoms in total. The van der Waals surface area contributed by atoms with Gasteiger partial charge in [0.2, 0.25) is 5.88 Å². The predicted molar refractivity (Wildman–Crippen MR) is 123 cm³/mol. The molecule has 0 spiro atoms. The number of hydrogen-bond donors (Lipinski definition) is 1. The third kappa shape index (κ3) is 4.67. The van der Waals surface area contributed by atoms with Crippen molar-refractivity contribution in [3.63, 3.8) is 0 Å². The quantitative estimate of drug-likeness (QED) is 0.413. The number of methoxy groups -OCH3 is 1. The highest BCUT2D eigenvalue weighted by molar-refractivity contribution is 7.98. The van der Waals surface area contributed by atoms with E-state index < -0.39 is 0 Å². The average Bonchev–Trinajstić information content (AvgIpc) is 2.98. The summed E-state index contributed by atoms with van der Waals surface area (Å²) in [6, 6.07) is 8.15. The van der Waals surface area contributed by atoms with Crippen LogP contribution in [0.1, 0.15) is 53.9 Å². The van der Waals surface area contributed by atoms with E-state index in [1.807, 2.05) is 18.4 Å². The van der Waals surface area contributed by atoms with Crippen LogP contribution >= 0.6 is 11.8 Å². The van der Waals surface area contributed by atoms with Gasteiger partial charge in [0, 0.05) is 12.1 Å². The minimum absolute atomic E-state index is 0.124. The van der Waals surface area contributed by atoms with Crippen LogP contribution in [-0.4, -0.2) is 48.4 Å².